The molecule has 132 valence electrons. The highest BCUT2D eigenvalue weighted by atomic mass is 16.4. The van der Waals surface area contributed by atoms with Crippen LogP contribution >= 0.6 is 0 Å². The van der Waals surface area contributed by atoms with E-state index in [4.69, 9.17) is 5.11 Å². The van der Waals surface area contributed by atoms with Gasteiger partial charge in [-0.05, 0) is 24.1 Å². The van der Waals surface area contributed by atoms with Crippen LogP contribution in [-0.2, 0) is 11.2 Å². The second kappa shape index (κ2) is 8.57. The van der Waals surface area contributed by atoms with Gasteiger partial charge in [0.1, 0.15) is 12.4 Å². The number of hydrogen-bond donors (Lipinski definition) is 3. The topological polar surface area (TPSA) is 100 Å². The zero-order chi connectivity index (χ0) is 18.2. The van der Waals surface area contributed by atoms with Gasteiger partial charge in [-0.3, -0.25) is 9.78 Å². The molecule has 7 nitrogen and oxygen atoms in total. The van der Waals surface area contributed by atoms with Crippen molar-refractivity contribution in [1.29, 1.82) is 0 Å². The Hall–Kier alpha value is -3.48. The van der Waals surface area contributed by atoms with Crippen LogP contribution < -0.4 is 10.6 Å². The lowest BCUT2D eigenvalue weighted by atomic mass is 10.1. The number of carboxylic acid groups (broad SMARTS) is 1. The molecule has 0 amide bonds. The Morgan fingerprint density at radius 2 is 1.77 bits per heavy atom. The summed E-state index contributed by atoms with van der Waals surface area (Å²) in [4.78, 5) is 23.6. The number of nitrogens with one attached hydrogen (secondary N) is 2. The number of aromatic nitrogens is 3. The van der Waals surface area contributed by atoms with Crippen molar-refractivity contribution >= 4 is 17.7 Å². The van der Waals surface area contributed by atoms with Crippen LogP contribution in [0.3, 0.4) is 0 Å². The molecule has 0 spiro atoms. The molecule has 3 N–H and O–H groups in total. The molecule has 0 saturated carbocycles. The number of nitrogens with zero attached hydrogens (tertiary/aromatic N) is 3. The molecule has 3 aromatic rings. The molecule has 0 aliphatic carbocycles. The first-order valence-corrected chi connectivity index (χ1v) is 8.23. The lowest BCUT2D eigenvalue weighted by Gasteiger charge is -2.11. The minimum absolute atomic E-state index is 0.241. The van der Waals surface area contributed by atoms with Gasteiger partial charge in [-0.25, -0.2) is 4.98 Å². The van der Waals surface area contributed by atoms with Gasteiger partial charge >= 0.3 is 5.97 Å². The maximum Gasteiger partial charge on any atom is 0.322 e. The van der Waals surface area contributed by atoms with Crippen molar-refractivity contribution in [2.75, 3.05) is 23.7 Å². The van der Waals surface area contributed by atoms with Crippen molar-refractivity contribution in [2.45, 2.75) is 6.42 Å². The molecule has 0 atom stereocenters. The molecule has 2 heterocycles. The normalized spacial score (nSPS) is 10.3. The first-order chi connectivity index (χ1) is 12.7. The second-order valence-corrected chi connectivity index (χ2v) is 5.61. The van der Waals surface area contributed by atoms with Crippen LogP contribution in [0.1, 0.15) is 5.56 Å². The van der Waals surface area contributed by atoms with Crippen LogP contribution in [0.5, 0.6) is 0 Å². The summed E-state index contributed by atoms with van der Waals surface area (Å²) in [6.45, 7) is 0.447. The van der Waals surface area contributed by atoms with Crippen molar-refractivity contribution in [3.8, 4) is 11.3 Å². The monoisotopic (exact) mass is 349 g/mol. The molecule has 0 unspecified atom stereocenters. The fourth-order valence-electron chi connectivity index (χ4n) is 2.41. The van der Waals surface area contributed by atoms with E-state index in [-0.39, 0.29) is 12.5 Å². The lowest BCUT2D eigenvalue weighted by Crippen LogP contribution is -2.15. The predicted octanol–water partition coefficient (Wildman–Crippen LogP) is 2.69. The smallest absolute Gasteiger partial charge is 0.322 e. The fourth-order valence-corrected chi connectivity index (χ4v) is 2.41. The average molecular weight is 349 g/mol. The summed E-state index contributed by atoms with van der Waals surface area (Å²) < 4.78 is 0. The van der Waals surface area contributed by atoms with Crippen LogP contribution in [0, 0.1) is 0 Å². The van der Waals surface area contributed by atoms with E-state index < -0.39 is 5.97 Å². The highest BCUT2D eigenvalue weighted by Crippen LogP contribution is 2.21. The SMILES string of the molecule is O=C(O)CNc1nc(NCCc2ccncc2)cc(-c2ccccc2)n1. The van der Waals surface area contributed by atoms with Gasteiger partial charge in [0.2, 0.25) is 5.95 Å². The van der Waals surface area contributed by atoms with E-state index >= 15 is 0 Å². The zero-order valence-electron chi connectivity index (χ0n) is 14.1. The van der Waals surface area contributed by atoms with E-state index in [2.05, 4.69) is 25.6 Å². The molecule has 0 aliphatic heterocycles. The number of aliphatic carboxylic acids is 1. The minimum atomic E-state index is -0.967. The Balaban J connectivity index is 1.76. The summed E-state index contributed by atoms with van der Waals surface area (Å²) in [6, 6.07) is 15.5. The molecule has 1 aromatic carbocycles. The minimum Gasteiger partial charge on any atom is -0.480 e. The number of carboxylic acids is 1. The van der Waals surface area contributed by atoms with Crippen LogP contribution in [0.15, 0.2) is 60.9 Å². The number of pyridine rings is 1. The Kier molecular flexibility index (Phi) is 5.72. The van der Waals surface area contributed by atoms with Crippen molar-refractivity contribution < 1.29 is 9.90 Å². The molecule has 26 heavy (non-hydrogen) atoms. The van der Waals surface area contributed by atoms with Crippen molar-refractivity contribution in [2.24, 2.45) is 0 Å². The van der Waals surface area contributed by atoms with Gasteiger partial charge in [0, 0.05) is 30.6 Å². The molecule has 0 radical (unpaired) electrons. The van der Waals surface area contributed by atoms with Crippen molar-refractivity contribution in [3.05, 3.63) is 66.5 Å². The Morgan fingerprint density at radius 1 is 1.00 bits per heavy atom. The van der Waals surface area contributed by atoms with Gasteiger partial charge < -0.3 is 15.7 Å². The molecule has 0 bridgehead atoms. The van der Waals surface area contributed by atoms with Crippen LogP contribution in [0.25, 0.3) is 11.3 Å². The molecule has 0 saturated heterocycles. The van der Waals surface area contributed by atoms with E-state index in [1.54, 1.807) is 12.4 Å². The maximum absolute atomic E-state index is 10.8. The van der Waals surface area contributed by atoms with Gasteiger partial charge in [0.05, 0.1) is 5.69 Å². The third kappa shape index (κ3) is 5.01. The van der Waals surface area contributed by atoms with E-state index in [1.807, 2.05) is 48.5 Å². The van der Waals surface area contributed by atoms with E-state index in [9.17, 15) is 4.79 Å². The lowest BCUT2D eigenvalue weighted by molar-refractivity contribution is -0.134. The summed E-state index contributed by atoms with van der Waals surface area (Å²) in [7, 11) is 0. The van der Waals surface area contributed by atoms with Crippen LogP contribution in [-0.4, -0.2) is 39.1 Å². The Bertz CT molecular complexity index is 856. The van der Waals surface area contributed by atoms with E-state index in [0.29, 0.717) is 12.4 Å². The fraction of sp³-hybridized carbons (Fsp3) is 0.158. The second-order valence-electron chi connectivity index (χ2n) is 5.61. The summed E-state index contributed by atoms with van der Waals surface area (Å²) in [5.41, 5.74) is 2.83. The summed E-state index contributed by atoms with van der Waals surface area (Å²) >= 11 is 0. The molecule has 3 rings (SSSR count). The summed E-state index contributed by atoms with van der Waals surface area (Å²) in [5, 5.41) is 14.9. The van der Waals surface area contributed by atoms with Gasteiger partial charge in [-0.2, -0.15) is 4.98 Å². The highest BCUT2D eigenvalue weighted by molar-refractivity contribution is 5.72. The summed E-state index contributed by atoms with van der Waals surface area (Å²) in [6.07, 6.45) is 4.36. The number of rotatable bonds is 8. The number of benzene rings is 1. The third-order valence-electron chi connectivity index (χ3n) is 3.66. The number of anilines is 2. The predicted molar refractivity (Wildman–Crippen MR) is 100 cm³/mol. The van der Waals surface area contributed by atoms with Crippen LogP contribution in [0.2, 0.25) is 0 Å². The molecular formula is C19H19N5O2. The first-order valence-electron chi connectivity index (χ1n) is 8.23. The quantitative estimate of drug-likeness (QED) is 0.575. The molecule has 0 aliphatic rings. The van der Waals surface area contributed by atoms with E-state index in [0.717, 1.165) is 17.7 Å². The number of hydrogen-bond acceptors (Lipinski definition) is 6. The molecule has 7 heteroatoms. The largest absolute Gasteiger partial charge is 0.480 e. The number of carbonyl (C=O) groups is 1. The average Bonchev–Trinajstić information content (AvgIpc) is 2.68. The molecular weight excluding hydrogens is 330 g/mol. The Labute approximate surface area is 151 Å². The zero-order valence-corrected chi connectivity index (χ0v) is 14.1. The first kappa shape index (κ1) is 17.3. The van der Waals surface area contributed by atoms with Gasteiger partial charge in [-0.15, -0.1) is 0 Å². The third-order valence-corrected chi connectivity index (χ3v) is 3.66. The maximum atomic E-state index is 10.8. The highest BCUT2D eigenvalue weighted by Gasteiger charge is 2.08. The van der Waals surface area contributed by atoms with Gasteiger partial charge in [0.15, 0.2) is 0 Å². The molecule has 2 aromatic heterocycles. The molecule has 0 fully saturated rings. The Morgan fingerprint density at radius 3 is 2.50 bits per heavy atom. The van der Waals surface area contributed by atoms with E-state index in [1.165, 1.54) is 5.56 Å². The van der Waals surface area contributed by atoms with Gasteiger partial charge in [-0.1, -0.05) is 30.3 Å². The van der Waals surface area contributed by atoms with Gasteiger partial charge in [0.25, 0.3) is 0 Å². The standard InChI is InChI=1S/C19H19N5O2/c25-18(26)13-22-19-23-16(15-4-2-1-3-5-15)12-17(24-19)21-11-8-14-6-9-20-10-7-14/h1-7,9-10,12H,8,11,13H2,(H,25,26)(H2,21,22,23,24). The van der Waals surface area contributed by atoms with Crippen LogP contribution in [0.4, 0.5) is 11.8 Å². The van der Waals surface area contributed by atoms with Crippen molar-refractivity contribution in [3.63, 3.8) is 0 Å². The summed E-state index contributed by atoms with van der Waals surface area (Å²) in [5.74, 6) is -0.0492. The van der Waals surface area contributed by atoms with Crippen molar-refractivity contribution in [1.82, 2.24) is 15.0 Å².